The first-order valence-corrected chi connectivity index (χ1v) is 6.84. The largest absolute Gasteiger partial charge is 0.462 e. The molecule has 1 aromatic heterocycles. The first kappa shape index (κ1) is 16.9. The van der Waals surface area contributed by atoms with E-state index < -0.39 is 16.8 Å². The molecule has 0 aliphatic carbocycles. The maximum absolute atomic E-state index is 11.9. The van der Waals surface area contributed by atoms with E-state index in [0.29, 0.717) is 0 Å². The Kier molecular flexibility index (Phi) is 5.40. The van der Waals surface area contributed by atoms with Crippen LogP contribution in [-0.2, 0) is 4.74 Å². The van der Waals surface area contributed by atoms with E-state index in [1.165, 1.54) is 36.7 Å². The van der Waals surface area contributed by atoms with Crippen LogP contribution >= 0.6 is 0 Å². The number of hydrogen-bond donors (Lipinski definition) is 1. The van der Waals surface area contributed by atoms with Gasteiger partial charge < -0.3 is 9.15 Å². The molecule has 2 aromatic rings. The van der Waals surface area contributed by atoms with Crippen LogP contribution in [-0.4, -0.2) is 29.6 Å². The minimum atomic E-state index is -0.618. The predicted octanol–water partition coefficient (Wildman–Crippen LogP) is 2.13. The molecule has 1 N–H and O–H groups in total. The second-order valence-corrected chi connectivity index (χ2v) is 4.46. The van der Waals surface area contributed by atoms with Crippen molar-refractivity contribution in [2.45, 2.75) is 6.92 Å². The number of hydrogen-bond acceptors (Lipinski definition) is 7. The fourth-order valence-corrected chi connectivity index (χ4v) is 1.72. The summed E-state index contributed by atoms with van der Waals surface area (Å²) in [4.78, 5) is 33.4. The molecule has 0 spiro atoms. The number of rotatable bonds is 6. The summed E-state index contributed by atoms with van der Waals surface area (Å²) < 4.78 is 9.88. The number of nitro benzene ring substituents is 1. The molecular formula is C15H13N3O6. The van der Waals surface area contributed by atoms with Gasteiger partial charge in [-0.05, 0) is 13.0 Å². The highest BCUT2D eigenvalue weighted by atomic mass is 16.6. The van der Waals surface area contributed by atoms with Crippen molar-refractivity contribution in [1.29, 1.82) is 0 Å². The molecule has 1 amide bonds. The summed E-state index contributed by atoms with van der Waals surface area (Å²) in [6, 6.07) is 6.63. The summed E-state index contributed by atoms with van der Waals surface area (Å²) in [5.41, 5.74) is 2.33. The number of nitrogens with zero attached hydrogens (tertiary/aromatic N) is 2. The maximum Gasteiger partial charge on any atom is 0.341 e. The van der Waals surface area contributed by atoms with E-state index in [4.69, 9.17) is 9.15 Å². The molecule has 0 radical (unpaired) electrons. The van der Waals surface area contributed by atoms with Crippen molar-refractivity contribution in [3.05, 3.63) is 63.6 Å². The SMILES string of the molecule is CCOC(=O)c1coc(/C=N\NC(=O)c2cccc([N+](=O)[O-])c2)c1. The number of benzene rings is 1. The van der Waals surface area contributed by atoms with Crippen LogP contribution in [0.2, 0.25) is 0 Å². The minimum Gasteiger partial charge on any atom is -0.462 e. The van der Waals surface area contributed by atoms with E-state index in [1.54, 1.807) is 6.92 Å². The molecule has 1 aromatic carbocycles. The number of nitro groups is 1. The number of amides is 1. The average molecular weight is 331 g/mol. The Balaban J connectivity index is 1.99. The van der Waals surface area contributed by atoms with Gasteiger partial charge >= 0.3 is 5.97 Å². The molecule has 0 fully saturated rings. The Morgan fingerprint density at radius 3 is 2.88 bits per heavy atom. The highest BCUT2D eigenvalue weighted by molar-refractivity contribution is 5.95. The number of nitrogens with one attached hydrogen (secondary N) is 1. The molecule has 9 heteroatoms. The Bertz CT molecular complexity index is 796. The number of non-ortho nitro benzene ring substituents is 1. The highest BCUT2D eigenvalue weighted by Gasteiger charge is 2.12. The van der Waals surface area contributed by atoms with Crippen LogP contribution in [0.1, 0.15) is 33.4 Å². The van der Waals surface area contributed by atoms with Gasteiger partial charge in [0.1, 0.15) is 12.0 Å². The topological polar surface area (TPSA) is 124 Å². The standard InChI is InChI=1S/C15H13N3O6/c1-2-23-15(20)11-7-13(24-9-11)8-16-17-14(19)10-4-3-5-12(6-10)18(21)22/h3-9H,2H2,1H3,(H,17,19)/b16-8-. The molecule has 0 bridgehead atoms. The zero-order chi connectivity index (χ0) is 17.5. The van der Waals surface area contributed by atoms with Gasteiger partial charge in [0, 0.05) is 23.8 Å². The van der Waals surface area contributed by atoms with Crippen molar-refractivity contribution in [3.8, 4) is 0 Å². The van der Waals surface area contributed by atoms with Crippen LogP contribution in [0, 0.1) is 10.1 Å². The van der Waals surface area contributed by atoms with Crippen molar-refractivity contribution < 1.29 is 23.7 Å². The van der Waals surface area contributed by atoms with Gasteiger partial charge in [-0.2, -0.15) is 5.10 Å². The number of hydrazone groups is 1. The summed E-state index contributed by atoms with van der Waals surface area (Å²) in [7, 11) is 0. The van der Waals surface area contributed by atoms with Gasteiger partial charge in [-0.15, -0.1) is 0 Å². The molecule has 2 rings (SSSR count). The summed E-state index contributed by atoms with van der Waals surface area (Å²) in [6.07, 6.45) is 2.40. The summed E-state index contributed by atoms with van der Waals surface area (Å²) >= 11 is 0. The lowest BCUT2D eigenvalue weighted by Crippen LogP contribution is -2.17. The lowest BCUT2D eigenvalue weighted by molar-refractivity contribution is -0.384. The molecule has 9 nitrogen and oxygen atoms in total. The van der Waals surface area contributed by atoms with Gasteiger partial charge in [-0.3, -0.25) is 14.9 Å². The van der Waals surface area contributed by atoms with Crippen molar-refractivity contribution in [3.63, 3.8) is 0 Å². The van der Waals surface area contributed by atoms with Crippen molar-refractivity contribution in [2.75, 3.05) is 6.61 Å². The molecule has 24 heavy (non-hydrogen) atoms. The normalized spacial score (nSPS) is 10.5. The number of carbonyl (C=O) groups is 2. The molecule has 0 aliphatic rings. The Morgan fingerprint density at radius 2 is 2.17 bits per heavy atom. The monoisotopic (exact) mass is 331 g/mol. The fourth-order valence-electron chi connectivity index (χ4n) is 1.72. The maximum atomic E-state index is 11.9. The summed E-state index contributed by atoms with van der Waals surface area (Å²) in [6.45, 7) is 1.93. The van der Waals surface area contributed by atoms with E-state index in [-0.39, 0.29) is 29.2 Å². The van der Waals surface area contributed by atoms with E-state index in [1.807, 2.05) is 0 Å². The highest BCUT2D eigenvalue weighted by Crippen LogP contribution is 2.13. The number of furan rings is 1. The lowest BCUT2D eigenvalue weighted by atomic mass is 10.2. The molecule has 0 saturated heterocycles. The average Bonchev–Trinajstić information content (AvgIpc) is 3.04. The van der Waals surface area contributed by atoms with Gasteiger partial charge in [-0.25, -0.2) is 10.2 Å². The van der Waals surface area contributed by atoms with Crippen molar-refractivity contribution >= 4 is 23.8 Å². The molecule has 124 valence electrons. The van der Waals surface area contributed by atoms with Gasteiger partial charge in [0.2, 0.25) is 0 Å². The van der Waals surface area contributed by atoms with Gasteiger partial charge in [0.15, 0.2) is 0 Å². The zero-order valence-corrected chi connectivity index (χ0v) is 12.6. The quantitative estimate of drug-likeness (QED) is 0.374. The lowest BCUT2D eigenvalue weighted by Gasteiger charge is -1.99. The molecule has 0 atom stereocenters. The van der Waals surface area contributed by atoms with E-state index in [0.717, 1.165) is 6.07 Å². The summed E-state index contributed by atoms with van der Waals surface area (Å²) in [5, 5.41) is 14.3. The van der Waals surface area contributed by atoms with Gasteiger partial charge in [0.25, 0.3) is 11.6 Å². The van der Waals surface area contributed by atoms with E-state index in [2.05, 4.69) is 10.5 Å². The first-order chi connectivity index (χ1) is 11.5. The van der Waals surface area contributed by atoms with Crippen LogP contribution < -0.4 is 5.43 Å². The van der Waals surface area contributed by atoms with Crippen LogP contribution in [0.4, 0.5) is 5.69 Å². The first-order valence-electron chi connectivity index (χ1n) is 6.84. The minimum absolute atomic E-state index is 0.0907. The van der Waals surface area contributed by atoms with Crippen LogP contribution in [0.15, 0.2) is 46.1 Å². The summed E-state index contributed by atoms with van der Waals surface area (Å²) in [5.74, 6) is -0.911. The second-order valence-electron chi connectivity index (χ2n) is 4.46. The zero-order valence-electron chi connectivity index (χ0n) is 12.6. The van der Waals surface area contributed by atoms with Gasteiger partial charge in [-0.1, -0.05) is 6.07 Å². The van der Waals surface area contributed by atoms with Gasteiger partial charge in [0.05, 0.1) is 23.3 Å². The third-order valence-corrected chi connectivity index (χ3v) is 2.81. The van der Waals surface area contributed by atoms with Crippen molar-refractivity contribution in [2.24, 2.45) is 5.10 Å². The Hall–Kier alpha value is -3.49. The Labute approximate surface area is 136 Å². The number of ether oxygens (including phenoxy) is 1. The molecule has 0 aliphatic heterocycles. The molecule has 0 unspecified atom stereocenters. The number of carbonyl (C=O) groups excluding carboxylic acids is 2. The third kappa shape index (κ3) is 4.26. The molecular weight excluding hydrogens is 318 g/mol. The molecule has 1 heterocycles. The van der Waals surface area contributed by atoms with Crippen LogP contribution in [0.5, 0.6) is 0 Å². The Morgan fingerprint density at radius 1 is 1.38 bits per heavy atom. The number of esters is 1. The van der Waals surface area contributed by atoms with E-state index >= 15 is 0 Å². The van der Waals surface area contributed by atoms with Crippen LogP contribution in [0.3, 0.4) is 0 Å². The fraction of sp³-hybridized carbons (Fsp3) is 0.133. The molecule has 0 saturated carbocycles. The van der Waals surface area contributed by atoms with E-state index in [9.17, 15) is 19.7 Å². The van der Waals surface area contributed by atoms with Crippen molar-refractivity contribution in [1.82, 2.24) is 5.43 Å². The second kappa shape index (κ2) is 7.68. The third-order valence-electron chi connectivity index (χ3n) is 2.81. The predicted molar refractivity (Wildman–Crippen MR) is 82.8 cm³/mol. The van der Waals surface area contributed by atoms with Crippen LogP contribution in [0.25, 0.3) is 0 Å². The smallest absolute Gasteiger partial charge is 0.341 e.